The van der Waals surface area contributed by atoms with Crippen molar-refractivity contribution in [2.45, 2.75) is 32.6 Å². The summed E-state index contributed by atoms with van der Waals surface area (Å²) in [4.78, 5) is 18.0. The van der Waals surface area contributed by atoms with E-state index in [0.717, 1.165) is 31.6 Å². The summed E-state index contributed by atoms with van der Waals surface area (Å²) in [6.07, 6.45) is 2.23. The lowest BCUT2D eigenvalue weighted by Crippen LogP contribution is -2.32. The fourth-order valence-corrected chi connectivity index (χ4v) is 2.56. The van der Waals surface area contributed by atoms with Crippen molar-refractivity contribution in [3.8, 4) is 0 Å². The fourth-order valence-electron chi connectivity index (χ4n) is 1.70. The fraction of sp³-hybridized carbons (Fsp3) is 0.636. The Bertz CT molecular complexity index is 369. The van der Waals surface area contributed by atoms with Crippen molar-refractivity contribution in [1.82, 2.24) is 9.88 Å². The number of hydrogen-bond donors (Lipinski definition) is 1. The van der Waals surface area contributed by atoms with E-state index in [1.807, 2.05) is 10.3 Å². The van der Waals surface area contributed by atoms with Crippen molar-refractivity contribution in [3.05, 3.63) is 11.1 Å². The number of nitrogens with zero attached hydrogens (tertiary/aromatic N) is 2. The highest BCUT2D eigenvalue weighted by Crippen LogP contribution is 2.22. The molecule has 1 aromatic heterocycles. The molecule has 4 nitrogen and oxygen atoms in total. The number of thiazole rings is 1. The zero-order chi connectivity index (χ0) is 11.5. The van der Waals surface area contributed by atoms with Crippen LogP contribution in [0.4, 0.5) is 9.93 Å². The third-order valence-corrected chi connectivity index (χ3v) is 3.50. The molecule has 5 heteroatoms. The Morgan fingerprint density at radius 1 is 1.50 bits per heavy atom. The highest BCUT2D eigenvalue weighted by Gasteiger charge is 2.18. The van der Waals surface area contributed by atoms with Gasteiger partial charge in [-0.05, 0) is 18.8 Å². The molecule has 0 atom stereocenters. The molecule has 0 spiro atoms. The molecule has 1 aliphatic rings. The Labute approximate surface area is 99.7 Å². The highest BCUT2D eigenvalue weighted by molar-refractivity contribution is 7.13. The molecular weight excluding hydrogens is 222 g/mol. The molecule has 1 aromatic rings. The molecule has 0 radical (unpaired) electrons. The van der Waals surface area contributed by atoms with Crippen LogP contribution in [0.3, 0.4) is 0 Å². The molecule has 1 aliphatic heterocycles. The summed E-state index contributed by atoms with van der Waals surface area (Å²) >= 11 is 1.50. The molecule has 0 aromatic carbocycles. The first-order chi connectivity index (χ1) is 7.66. The van der Waals surface area contributed by atoms with Crippen LogP contribution in [0.25, 0.3) is 0 Å². The van der Waals surface area contributed by atoms with Crippen molar-refractivity contribution >= 4 is 22.5 Å². The smallest absolute Gasteiger partial charge is 0.323 e. The number of rotatable bonds is 2. The van der Waals surface area contributed by atoms with Gasteiger partial charge in [-0.1, -0.05) is 13.8 Å². The molecule has 88 valence electrons. The zero-order valence-corrected chi connectivity index (χ0v) is 10.5. The lowest BCUT2D eigenvalue weighted by Gasteiger charge is -2.14. The van der Waals surface area contributed by atoms with Crippen LogP contribution in [0.15, 0.2) is 5.38 Å². The predicted molar refractivity (Wildman–Crippen MR) is 66.0 cm³/mol. The van der Waals surface area contributed by atoms with Crippen molar-refractivity contribution in [2.24, 2.45) is 0 Å². The van der Waals surface area contributed by atoms with E-state index < -0.39 is 0 Å². The zero-order valence-electron chi connectivity index (χ0n) is 9.69. The molecule has 0 unspecified atom stereocenters. The molecule has 0 aliphatic carbocycles. The maximum absolute atomic E-state index is 11.8. The maximum atomic E-state index is 11.8. The van der Waals surface area contributed by atoms with Crippen LogP contribution >= 0.6 is 11.3 Å². The van der Waals surface area contributed by atoms with E-state index in [0.29, 0.717) is 11.0 Å². The van der Waals surface area contributed by atoms with Gasteiger partial charge in [0.2, 0.25) is 0 Å². The lowest BCUT2D eigenvalue weighted by atomic mass is 10.2. The minimum absolute atomic E-state index is 0.0119. The average molecular weight is 239 g/mol. The van der Waals surface area contributed by atoms with Gasteiger partial charge >= 0.3 is 6.03 Å². The summed E-state index contributed by atoms with van der Waals surface area (Å²) in [5.74, 6) is 0.411. The molecule has 16 heavy (non-hydrogen) atoms. The Morgan fingerprint density at radius 3 is 2.75 bits per heavy atom. The van der Waals surface area contributed by atoms with Crippen LogP contribution in [0.5, 0.6) is 0 Å². The van der Waals surface area contributed by atoms with Gasteiger partial charge in [0, 0.05) is 18.5 Å². The van der Waals surface area contributed by atoms with E-state index in [4.69, 9.17) is 0 Å². The quantitative estimate of drug-likeness (QED) is 0.862. The lowest BCUT2D eigenvalue weighted by molar-refractivity contribution is 0.222. The van der Waals surface area contributed by atoms with Gasteiger partial charge in [0.25, 0.3) is 0 Å². The van der Waals surface area contributed by atoms with Crippen molar-refractivity contribution in [1.29, 1.82) is 0 Å². The second kappa shape index (κ2) is 4.82. The number of anilines is 1. The molecule has 2 heterocycles. The molecule has 1 fully saturated rings. The third-order valence-electron chi connectivity index (χ3n) is 2.72. The van der Waals surface area contributed by atoms with Gasteiger partial charge in [-0.3, -0.25) is 5.32 Å². The summed E-state index contributed by atoms with van der Waals surface area (Å²) in [5, 5.41) is 5.57. The molecule has 2 amide bonds. The first-order valence-corrected chi connectivity index (χ1v) is 6.56. The number of carbonyl (C=O) groups is 1. The standard InChI is InChI=1S/C11H17N3OS/c1-8(2)9-7-16-10(12-9)13-11(15)14-5-3-4-6-14/h7-8H,3-6H2,1-2H3,(H,12,13,15). The van der Waals surface area contributed by atoms with Crippen LogP contribution < -0.4 is 5.32 Å². The maximum Gasteiger partial charge on any atom is 0.323 e. The summed E-state index contributed by atoms with van der Waals surface area (Å²) in [6.45, 7) is 5.94. The van der Waals surface area contributed by atoms with Gasteiger partial charge in [-0.2, -0.15) is 0 Å². The van der Waals surface area contributed by atoms with Gasteiger partial charge < -0.3 is 4.90 Å². The van der Waals surface area contributed by atoms with Gasteiger partial charge in [-0.25, -0.2) is 9.78 Å². The number of aromatic nitrogens is 1. The van der Waals surface area contributed by atoms with Gasteiger partial charge in [0.1, 0.15) is 0 Å². The second-order valence-electron chi connectivity index (χ2n) is 4.36. The van der Waals surface area contributed by atoms with Gasteiger partial charge in [0.15, 0.2) is 5.13 Å². The second-order valence-corrected chi connectivity index (χ2v) is 5.21. The molecule has 1 N–H and O–H groups in total. The summed E-state index contributed by atoms with van der Waals surface area (Å²) < 4.78 is 0. The number of likely N-dealkylation sites (tertiary alicyclic amines) is 1. The van der Waals surface area contributed by atoms with Crippen LogP contribution in [0.1, 0.15) is 38.3 Å². The van der Waals surface area contributed by atoms with Crippen LogP contribution in [-0.2, 0) is 0 Å². The molecule has 0 saturated carbocycles. The predicted octanol–water partition coefficient (Wildman–Crippen LogP) is 2.89. The summed E-state index contributed by atoms with van der Waals surface area (Å²) in [5.41, 5.74) is 1.04. The molecule has 2 rings (SSSR count). The van der Waals surface area contributed by atoms with Gasteiger partial charge in [0.05, 0.1) is 5.69 Å². The van der Waals surface area contributed by atoms with E-state index in [-0.39, 0.29) is 6.03 Å². The van der Waals surface area contributed by atoms with E-state index in [9.17, 15) is 4.79 Å². The van der Waals surface area contributed by atoms with E-state index in [1.165, 1.54) is 11.3 Å². The minimum Gasteiger partial charge on any atom is -0.324 e. The minimum atomic E-state index is -0.0119. The van der Waals surface area contributed by atoms with E-state index in [1.54, 1.807) is 0 Å². The molecule has 0 bridgehead atoms. The molecular formula is C11H17N3OS. The Kier molecular flexibility index (Phi) is 3.43. The Balaban J connectivity index is 1.95. The largest absolute Gasteiger partial charge is 0.324 e. The summed E-state index contributed by atoms with van der Waals surface area (Å²) in [7, 11) is 0. The van der Waals surface area contributed by atoms with Crippen LogP contribution in [-0.4, -0.2) is 29.0 Å². The topological polar surface area (TPSA) is 45.2 Å². The van der Waals surface area contributed by atoms with Crippen LogP contribution in [0, 0.1) is 0 Å². The van der Waals surface area contributed by atoms with Gasteiger partial charge in [-0.15, -0.1) is 11.3 Å². The number of nitrogens with one attached hydrogen (secondary N) is 1. The average Bonchev–Trinajstić information content (AvgIpc) is 2.87. The highest BCUT2D eigenvalue weighted by atomic mass is 32.1. The normalized spacial score (nSPS) is 15.8. The van der Waals surface area contributed by atoms with E-state index in [2.05, 4.69) is 24.1 Å². The molecule has 1 saturated heterocycles. The van der Waals surface area contributed by atoms with Crippen LogP contribution in [0.2, 0.25) is 0 Å². The number of urea groups is 1. The monoisotopic (exact) mass is 239 g/mol. The SMILES string of the molecule is CC(C)c1csc(NC(=O)N2CCCC2)n1. The number of hydrogen-bond acceptors (Lipinski definition) is 3. The van der Waals surface area contributed by atoms with Crippen molar-refractivity contribution < 1.29 is 4.79 Å². The first-order valence-electron chi connectivity index (χ1n) is 5.68. The Morgan fingerprint density at radius 2 is 2.19 bits per heavy atom. The number of amides is 2. The van der Waals surface area contributed by atoms with Crippen molar-refractivity contribution in [2.75, 3.05) is 18.4 Å². The van der Waals surface area contributed by atoms with Crippen molar-refractivity contribution in [3.63, 3.8) is 0 Å². The van der Waals surface area contributed by atoms with E-state index >= 15 is 0 Å². The third kappa shape index (κ3) is 2.52. The number of carbonyl (C=O) groups excluding carboxylic acids is 1. The Hall–Kier alpha value is -1.10. The first kappa shape index (κ1) is 11.4. The summed E-state index contributed by atoms with van der Waals surface area (Å²) in [6, 6.07) is -0.0119.